The van der Waals surface area contributed by atoms with Crippen LogP contribution in [0.15, 0.2) is 24.3 Å². The minimum atomic E-state index is -0.428. The molecule has 0 amide bonds. The monoisotopic (exact) mass is 247 g/mol. The van der Waals surface area contributed by atoms with Gasteiger partial charge in [0.1, 0.15) is 5.78 Å². The molecule has 2 nitrogen and oxygen atoms in total. The number of hydrogen-bond donors (Lipinski definition) is 1. The van der Waals surface area contributed by atoms with E-state index in [1.807, 2.05) is 26.0 Å². The molecule has 1 rings (SSSR count). The van der Waals surface area contributed by atoms with E-state index in [0.717, 1.165) is 5.56 Å². The molecule has 2 N–H and O–H groups in total. The number of Topliss-reactive ketones (excluding diaryl/α,β-unsaturated/α-hetero) is 1. The zero-order valence-electron chi connectivity index (χ0n) is 12.2. The van der Waals surface area contributed by atoms with Gasteiger partial charge >= 0.3 is 0 Å². The largest absolute Gasteiger partial charge is 0.329 e. The third-order valence-electron chi connectivity index (χ3n) is 3.45. The van der Waals surface area contributed by atoms with Gasteiger partial charge in [0.15, 0.2) is 0 Å². The summed E-state index contributed by atoms with van der Waals surface area (Å²) in [5, 5.41) is 0. The highest BCUT2D eigenvalue weighted by atomic mass is 16.1. The third kappa shape index (κ3) is 3.67. The van der Waals surface area contributed by atoms with Crippen molar-refractivity contribution in [1.82, 2.24) is 0 Å². The van der Waals surface area contributed by atoms with Gasteiger partial charge in [-0.15, -0.1) is 0 Å². The topological polar surface area (TPSA) is 43.1 Å². The van der Waals surface area contributed by atoms with Crippen LogP contribution in [0.4, 0.5) is 0 Å². The van der Waals surface area contributed by atoms with Crippen molar-refractivity contribution in [3.05, 3.63) is 35.4 Å². The summed E-state index contributed by atoms with van der Waals surface area (Å²) in [6.45, 7) is 10.8. The smallest absolute Gasteiger partial charge is 0.144 e. The van der Waals surface area contributed by atoms with Crippen LogP contribution in [0.25, 0.3) is 0 Å². The second-order valence-corrected chi connectivity index (χ2v) is 6.63. The highest BCUT2D eigenvalue weighted by Crippen LogP contribution is 2.23. The van der Waals surface area contributed by atoms with E-state index < -0.39 is 5.41 Å². The van der Waals surface area contributed by atoms with Crippen LogP contribution in [-0.4, -0.2) is 12.3 Å². The lowest BCUT2D eigenvalue weighted by molar-refractivity contribution is -0.125. The maximum atomic E-state index is 12.1. The Morgan fingerprint density at radius 1 is 1.06 bits per heavy atom. The van der Waals surface area contributed by atoms with Crippen LogP contribution < -0.4 is 5.73 Å². The van der Waals surface area contributed by atoms with E-state index in [9.17, 15) is 4.79 Å². The van der Waals surface area contributed by atoms with Crippen LogP contribution in [0.3, 0.4) is 0 Å². The predicted molar refractivity (Wildman–Crippen MR) is 76.7 cm³/mol. The molecule has 18 heavy (non-hydrogen) atoms. The fourth-order valence-electron chi connectivity index (χ4n) is 1.66. The summed E-state index contributed by atoms with van der Waals surface area (Å²) in [5.74, 6) is 0.202. The minimum absolute atomic E-state index is 0.152. The van der Waals surface area contributed by atoms with Crippen LogP contribution >= 0.6 is 0 Å². The van der Waals surface area contributed by atoms with Crippen molar-refractivity contribution in [3.63, 3.8) is 0 Å². The Labute approximate surface area is 111 Å². The average Bonchev–Trinajstić information content (AvgIpc) is 2.28. The highest BCUT2D eigenvalue weighted by molar-refractivity contribution is 5.86. The van der Waals surface area contributed by atoms with E-state index in [2.05, 4.69) is 32.9 Å². The number of benzene rings is 1. The van der Waals surface area contributed by atoms with Gasteiger partial charge in [0.25, 0.3) is 0 Å². The van der Waals surface area contributed by atoms with Gasteiger partial charge in [-0.25, -0.2) is 0 Å². The van der Waals surface area contributed by atoms with E-state index in [-0.39, 0.29) is 11.2 Å². The molecule has 0 aliphatic carbocycles. The Bertz CT molecular complexity index is 410. The molecule has 0 spiro atoms. The standard InChI is InChI=1S/C16H25NO/c1-15(2,3)13-8-6-12(7-9-13)10-14(18)16(4,5)11-17/h6-9H,10-11,17H2,1-5H3. The number of rotatable bonds is 4. The summed E-state index contributed by atoms with van der Waals surface area (Å²) in [7, 11) is 0. The average molecular weight is 247 g/mol. The molecule has 2 heteroatoms. The van der Waals surface area contributed by atoms with Gasteiger partial charge in [0.05, 0.1) is 0 Å². The van der Waals surface area contributed by atoms with E-state index in [4.69, 9.17) is 5.73 Å². The maximum absolute atomic E-state index is 12.1. The molecule has 0 aliphatic heterocycles. The fraction of sp³-hybridized carbons (Fsp3) is 0.562. The molecule has 0 saturated heterocycles. The summed E-state index contributed by atoms with van der Waals surface area (Å²) in [5.41, 5.74) is 7.70. The Hall–Kier alpha value is -1.15. The van der Waals surface area contributed by atoms with E-state index >= 15 is 0 Å². The second-order valence-electron chi connectivity index (χ2n) is 6.63. The lowest BCUT2D eigenvalue weighted by Gasteiger charge is -2.21. The molecular weight excluding hydrogens is 222 g/mol. The first kappa shape index (κ1) is 14.9. The van der Waals surface area contributed by atoms with Crippen LogP contribution in [0.1, 0.15) is 45.7 Å². The molecular formula is C16H25NO. The molecule has 0 aromatic heterocycles. The SMILES string of the molecule is CC(C)(CN)C(=O)Cc1ccc(C(C)(C)C)cc1. The van der Waals surface area contributed by atoms with E-state index in [1.165, 1.54) is 5.56 Å². The lowest BCUT2D eigenvalue weighted by Crippen LogP contribution is -2.33. The molecule has 0 heterocycles. The van der Waals surface area contributed by atoms with Gasteiger partial charge in [-0.2, -0.15) is 0 Å². The fourth-order valence-corrected chi connectivity index (χ4v) is 1.66. The summed E-state index contributed by atoms with van der Waals surface area (Å²) in [6, 6.07) is 8.31. The van der Waals surface area contributed by atoms with Crippen molar-refractivity contribution in [2.75, 3.05) is 6.54 Å². The predicted octanol–water partition coefficient (Wildman–Crippen LogP) is 3.08. The van der Waals surface area contributed by atoms with Gasteiger partial charge in [0.2, 0.25) is 0 Å². The molecule has 0 saturated carbocycles. The van der Waals surface area contributed by atoms with Crippen molar-refractivity contribution in [2.24, 2.45) is 11.1 Å². The molecule has 0 radical (unpaired) electrons. The van der Waals surface area contributed by atoms with Crippen LogP contribution in [0.2, 0.25) is 0 Å². The first-order chi connectivity index (χ1) is 8.16. The number of ketones is 1. The molecule has 0 aliphatic rings. The number of hydrogen-bond acceptors (Lipinski definition) is 2. The second kappa shape index (κ2) is 5.23. The minimum Gasteiger partial charge on any atom is -0.329 e. The Balaban J connectivity index is 2.79. The van der Waals surface area contributed by atoms with Crippen LogP contribution in [0, 0.1) is 5.41 Å². The maximum Gasteiger partial charge on any atom is 0.144 e. The normalized spacial score (nSPS) is 12.6. The molecule has 1 aromatic carbocycles. The van der Waals surface area contributed by atoms with Crippen LogP contribution in [0.5, 0.6) is 0 Å². The quantitative estimate of drug-likeness (QED) is 0.888. The molecule has 0 fully saturated rings. The van der Waals surface area contributed by atoms with E-state index in [0.29, 0.717) is 13.0 Å². The third-order valence-corrected chi connectivity index (χ3v) is 3.45. The highest BCUT2D eigenvalue weighted by Gasteiger charge is 2.25. The zero-order valence-corrected chi connectivity index (χ0v) is 12.2. The summed E-state index contributed by atoms with van der Waals surface area (Å²) in [6.07, 6.45) is 0.467. The molecule has 1 aromatic rings. The summed E-state index contributed by atoms with van der Waals surface area (Å²) >= 11 is 0. The number of carbonyl (C=O) groups is 1. The van der Waals surface area contributed by atoms with Crippen molar-refractivity contribution in [2.45, 2.75) is 46.5 Å². The van der Waals surface area contributed by atoms with Crippen molar-refractivity contribution >= 4 is 5.78 Å². The molecule has 0 atom stereocenters. The summed E-state index contributed by atoms with van der Waals surface area (Å²) in [4.78, 5) is 12.1. The lowest BCUT2D eigenvalue weighted by atomic mass is 9.83. The molecule has 100 valence electrons. The Morgan fingerprint density at radius 3 is 1.94 bits per heavy atom. The Morgan fingerprint density at radius 2 is 1.56 bits per heavy atom. The molecule has 0 unspecified atom stereocenters. The number of nitrogens with two attached hydrogens (primary N) is 1. The van der Waals surface area contributed by atoms with Gasteiger partial charge in [-0.1, -0.05) is 58.9 Å². The first-order valence-electron chi connectivity index (χ1n) is 6.49. The van der Waals surface area contributed by atoms with Gasteiger partial charge in [-0.3, -0.25) is 4.79 Å². The molecule has 0 bridgehead atoms. The van der Waals surface area contributed by atoms with Gasteiger partial charge in [-0.05, 0) is 16.5 Å². The van der Waals surface area contributed by atoms with Gasteiger partial charge < -0.3 is 5.73 Å². The van der Waals surface area contributed by atoms with Crippen LogP contribution in [-0.2, 0) is 16.6 Å². The van der Waals surface area contributed by atoms with Gasteiger partial charge in [0, 0.05) is 18.4 Å². The van der Waals surface area contributed by atoms with Crippen molar-refractivity contribution in [1.29, 1.82) is 0 Å². The van der Waals surface area contributed by atoms with Crippen molar-refractivity contribution < 1.29 is 4.79 Å². The number of carbonyl (C=O) groups excluding carboxylic acids is 1. The zero-order chi connectivity index (χ0) is 14.0. The van der Waals surface area contributed by atoms with Crippen molar-refractivity contribution in [3.8, 4) is 0 Å². The first-order valence-corrected chi connectivity index (χ1v) is 6.49. The van der Waals surface area contributed by atoms with E-state index in [1.54, 1.807) is 0 Å². The Kier molecular flexibility index (Phi) is 4.33. The summed E-state index contributed by atoms with van der Waals surface area (Å²) < 4.78 is 0.